The maximum Gasteiger partial charge on any atom is 0.407 e. The molecule has 0 radical (unpaired) electrons. The van der Waals surface area contributed by atoms with Crippen molar-refractivity contribution < 1.29 is 76.8 Å². The summed E-state index contributed by atoms with van der Waals surface area (Å²) in [6.45, 7) is 11.3. The minimum Gasteiger partial charge on any atom is -0.495 e. The molecular weight excluding hydrogens is 1200 g/mol. The van der Waals surface area contributed by atoms with Crippen LogP contribution in [-0.2, 0) is 68.6 Å². The van der Waals surface area contributed by atoms with E-state index in [2.05, 4.69) is 26.6 Å². The van der Waals surface area contributed by atoms with Crippen LogP contribution in [0.25, 0.3) is 0 Å². The van der Waals surface area contributed by atoms with Crippen molar-refractivity contribution in [1.29, 1.82) is 0 Å². The molecule has 12 atom stereocenters. The number of alkyl carbamates (subject to hydrolysis) is 1. The first-order chi connectivity index (χ1) is 41.6. The number of primary amides is 1. The van der Waals surface area contributed by atoms with Gasteiger partial charge in [0.05, 0.1) is 48.6 Å². The first kappa shape index (κ1) is 74.0. The fourth-order valence-corrected chi connectivity index (χ4v) is 12.2. The zero-order valence-corrected chi connectivity index (χ0v) is 54.7. The van der Waals surface area contributed by atoms with Crippen molar-refractivity contribution in [3.05, 3.63) is 46.5 Å². The summed E-state index contributed by atoms with van der Waals surface area (Å²) >= 11 is 9.51. The molecule has 0 saturated carbocycles. The van der Waals surface area contributed by atoms with Crippen molar-refractivity contribution >= 4 is 106 Å². The first-order valence-corrected chi connectivity index (χ1v) is 32.3. The van der Waals surface area contributed by atoms with Crippen LogP contribution < -0.4 is 42.0 Å². The number of benzene rings is 1. The molecule has 4 rings (SSSR count). The van der Waals surface area contributed by atoms with Crippen LogP contribution in [0.5, 0.6) is 5.75 Å². The summed E-state index contributed by atoms with van der Waals surface area (Å²) in [7, 11) is 6.03. The van der Waals surface area contributed by atoms with Gasteiger partial charge in [0.2, 0.25) is 53.2 Å². The fourth-order valence-electron chi connectivity index (χ4n) is 10.0. The van der Waals surface area contributed by atoms with E-state index < -0.39 is 119 Å². The zero-order chi connectivity index (χ0) is 65.5. The highest BCUT2D eigenvalue weighted by molar-refractivity contribution is 8.00. The molecule has 8 N–H and O–H groups in total. The van der Waals surface area contributed by atoms with Gasteiger partial charge in [-0.1, -0.05) is 55.7 Å². The van der Waals surface area contributed by atoms with Gasteiger partial charge in [-0.15, -0.1) is 23.5 Å². The number of nitrogens with two attached hydrogens (primary N) is 1. The number of thioether (sulfide) groups is 2. The van der Waals surface area contributed by atoms with Gasteiger partial charge in [0, 0.05) is 71.7 Å². The van der Waals surface area contributed by atoms with Gasteiger partial charge in [0.1, 0.15) is 47.1 Å². The molecule has 4 bridgehead atoms. The van der Waals surface area contributed by atoms with E-state index in [1.54, 1.807) is 33.0 Å². The number of methoxy groups -OCH3 is 2. The number of amides is 10. The second-order valence-electron chi connectivity index (χ2n) is 22.6. The predicted octanol–water partition coefficient (Wildman–Crippen LogP) is 3.82. The van der Waals surface area contributed by atoms with Gasteiger partial charge in [-0.25, -0.2) is 9.59 Å². The van der Waals surface area contributed by atoms with Gasteiger partial charge in [-0.2, -0.15) is 0 Å². The number of halogens is 1. The molecule has 0 aromatic heterocycles. The van der Waals surface area contributed by atoms with Gasteiger partial charge in [0.15, 0.2) is 0 Å². The average molecular weight is 1290 g/mol. The summed E-state index contributed by atoms with van der Waals surface area (Å²) in [6, 6.07) is -1.00. The van der Waals surface area contributed by atoms with Crippen molar-refractivity contribution in [3.63, 3.8) is 0 Å². The lowest BCUT2D eigenvalue weighted by molar-refractivity contribution is -0.165. The number of imide groups is 1. The summed E-state index contributed by atoms with van der Waals surface area (Å²) in [5.74, 6) is -4.86. The number of likely N-dealkylation sites (N-methyl/N-ethyl adjacent to an activating group) is 1. The second-order valence-corrected chi connectivity index (χ2v) is 25.4. The summed E-state index contributed by atoms with van der Waals surface area (Å²) in [5, 5.41) is 24.8. The van der Waals surface area contributed by atoms with E-state index in [9.17, 15) is 57.8 Å². The Hall–Kier alpha value is -6.42. The number of unbranched alkanes of at least 4 members (excludes halogenated alkanes) is 2. The zero-order valence-electron chi connectivity index (χ0n) is 52.3. The molecule has 2 saturated heterocycles. The molecule has 3 heterocycles. The van der Waals surface area contributed by atoms with Gasteiger partial charge < -0.3 is 66.2 Å². The number of allylic oxidation sites excluding steroid dienone is 3. The first-order valence-electron chi connectivity index (χ1n) is 29.7. The standard InChI is InChI=1S/C60H90ClN9O16S2/c1-33-18-15-19-43(83-10)41-29-44(86-60(82)67-41)34(2)54(76)35(3)45(30-51(74)69(9)42-27-40(26-33)28-46(84-11)53(42)61)85-59(81)39(7)68(8)50(73)22-13-12-14-24-87-32-63-55(77)36(4)65-57(79)38(6)66-56(78)37(5)64-49(72)21-17-25-88-47-31-52(75)70(58(47)80)23-16-20-48(62)71/h15,18-19,27-28,34-39,41,43-45,47,54,76H,12-14,16-17,20-26,29-32H2,1-11H3,(H2,62,71)(H,63,77)(H,64,72)(H,65,79)(H,66,78)(H,67,82)/b19-15+,33-18+/t34-,35-,36+,37+,38-,39+,41+,43-,44+,45+,47?,54?/m1/s1. The van der Waals surface area contributed by atoms with E-state index in [4.69, 9.17) is 36.3 Å². The largest absolute Gasteiger partial charge is 0.495 e. The minimum atomic E-state index is -1.26. The molecule has 10 amide bonds. The SMILES string of the molecule is COc1cc2cc(c1Cl)N(C)C(=O)C[C@H](OC(=O)[C@H](C)N(C)C(=O)CCCCCSCNC(=O)[C@H](C)NC(=O)[C@@H](C)NC(=O)[C@H](C)NC(=O)CCCSC1CC(=O)N(CCCC(N)=O)C1=O)[C@@H](C)C(O)[C@H](C)[C@@H]1C[C@H](NC(=O)O1)[C@H](OC)/C=C/C=C(\C)C2. The van der Waals surface area contributed by atoms with E-state index in [0.717, 1.165) is 16.0 Å². The Kier molecular flexibility index (Phi) is 30.5. The van der Waals surface area contributed by atoms with Crippen molar-refractivity contribution in [2.75, 3.05) is 57.1 Å². The Morgan fingerprint density at radius 2 is 1.53 bits per heavy atom. The number of nitrogens with zero attached hydrogens (tertiary/aromatic N) is 3. The van der Waals surface area contributed by atoms with E-state index >= 15 is 0 Å². The number of likely N-dealkylation sites (tertiary alicyclic amines) is 1. The van der Waals surface area contributed by atoms with Crippen LogP contribution in [0.3, 0.4) is 0 Å². The number of hydrogen-bond acceptors (Lipinski definition) is 18. The number of esters is 1. The Morgan fingerprint density at radius 3 is 2.19 bits per heavy atom. The maximum absolute atomic E-state index is 14.3. The number of hydrogen-bond donors (Lipinski definition) is 7. The van der Waals surface area contributed by atoms with Crippen LogP contribution in [0.2, 0.25) is 5.02 Å². The molecule has 0 aliphatic carbocycles. The smallest absolute Gasteiger partial charge is 0.407 e. The van der Waals surface area contributed by atoms with Crippen LogP contribution in [0.15, 0.2) is 35.9 Å². The molecular formula is C60H90ClN9O16S2. The van der Waals surface area contributed by atoms with Crippen LogP contribution in [0, 0.1) is 11.8 Å². The highest BCUT2D eigenvalue weighted by Crippen LogP contribution is 2.38. The van der Waals surface area contributed by atoms with E-state index in [0.29, 0.717) is 61.5 Å². The molecule has 2 unspecified atom stereocenters. The topological polar surface area (TPSA) is 341 Å². The van der Waals surface area contributed by atoms with Gasteiger partial charge >= 0.3 is 12.1 Å². The monoisotopic (exact) mass is 1290 g/mol. The lowest BCUT2D eigenvalue weighted by Crippen LogP contribution is -2.54. The number of nitrogens with one attached hydrogen (secondary N) is 5. The number of aliphatic hydroxyl groups excluding tert-OH is 1. The van der Waals surface area contributed by atoms with E-state index in [1.807, 2.05) is 25.2 Å². The number of carbonyl (C=O) groups is 11. The molecule has 1 aromatic carbocycles. The number of fused-ring (bicyclic) bond motifs is 4. The number of carbonyl (C=O) groups excluding carboxylic acids is 11. The molecule has 25 nitrogen and oxygen atoms in total. The number of rotatable bonds is 28. The minimum absolute atomic E-state index is 0.0368. The Labute approximate surface area is 529 Å². The third kappa shape index (κ3) is 22.6. The highest BCUT2D eigenvalue weighted by Gasteiger charge is 2.43. The van der Waals surface area contributed by atoms with Crippen molar-refractivity contribution in [2.45, 2.75) is 185 Å². The molecule has 490 valence electrons. The lowest BCUT2D eigenvalue weighted by atomic mass is 9.82. The fraction of sp³-hybridized carbons (Fsp3) is 0.650. The Bertz CT molecular complexity index is 2720. The molecule has 2 fully saturated rings. The van der Waals surface area contributed by atoms with Crippen LogP contribution in [0.4, 0.5) is 10.5 Å². The van der Waals surface area contributed by atoms with Crippen molar-refractivity contribution in [2.24, 2.45) is 17.6 Å². The molecule has 28 heteroatoms. The van der Waals surface area contributed by atoms with E-state index in [1.165, 1.54) is 82.3 Å². The predicted molar refractivity (Wildman–Crippen MR) is 334 cm³/mol. The average Bonchev–Trinajstić information content (AvgIpc) is 3.96. The highest BCUT2D eigenvalue weighted by atomic mass is 35.5. The number of aliphatic hydroxyl groups is 1. The summed E-state index contributed by atoms with van der Waals surface area (Å²) in [6.07, 6.45) is 4.25. The third-order valence-corrected chi connectivity index (χ3v) is 18.4. The third-order valence-electron chi connectivity index (χ3n) is 15.8. The normalized spacial score (nSPS) is 24.0. The van der Waals surface area contributed by atoms with Gasteiger partial charge in [-0.3, -0.25) is 48.1 Å². The van der Waals surface area contributed by atoms with Crippen LogP contribution in [0.1, 0.15) is 125 Å². The Morgan fingerprint density at radius 1 is 0.864 bits per heavy atom. The molecule has 0 spiro atoms. The quantitative estimate of drug-likeness (QED) is 0.0271. The molecule has 88 heavy (non-hydrogen) atoms. The summed E-state index contributed by atoms with van der Waals surface area (Å²) in [4.78, 5) is 145. The van der Waals surface area contributed by atoms with Crippen LogP contribution >= 0.6 is 35.1 Å². The summed E-state index contributed by atoms with van der Waals surface area (Å²) < 4.78 is 23.2. The molecule has 3 aliphatic heterocycles. The molecule has 3 aliphatic rings. The summed E-state index contributed by atoms with van der Waals surface area (Å²) in [5.41, 5.74) is 7.24. The number of anilines is 1. The Balaban J connectivity index is 1.20. The lowest BCUT2D eigenvalue weighted by Gasteiger charge is -2.39. The van der Waals surface area contributed by atoms with Crippen LogP contribution in [-0.4, -0.2) is 192 Å². The maximum atomic E-state index is 14.3. The number of ether oxygens (including phenoxy) is 4. The van der Waals surface area contributed by atoms with E-state index in [-0.39, 0.29) is 73.7 Å². The van der Waals surface area contributed by atoms with Gasteiger partial charge in [-0.05, 0) is 95.9 Å². The second kappa shape index (κ2) is 36.3. The molecule has 1 aromatic rings. The van der Waals surface area contributed by atoms with Gasteiger partial charge in [0.25, 0.3) is 0 Å². The van der Waals surface area contributed by atoms with Crippen molar-refractivity contribution in [3.8, 4) is 5.75 Å². The van der Waals surface area contributed by atoms with Crippen molar-refractivity contribution in [1.82, 2.24) is 36.4 Å².